The maximum Gasteiger partial charge on any atom is 0.251 e. The Labute approximate surface area is 130 Å². The van der Waals surface area contributed by atoms with Gasteiger partial charge < -0.3 is 13.9 Å². The molecule has 2 aromatic heterocycles. The molecule has 0 spiro atoms. The van der Waals surface area contributed by atoms with E-state index in [2.05, 4.69) is 22.0 Å². The molecule has 1 fully saturated rings. The van der Waals surface area contributed by atoms with Crippen LogP contribution in [0.25, 0.3) is 11.5 Å². The summed E-state index contributed by atoms with van der Waals surface area (Å²) in [6.07, 6.45) is 3.31. The lowest BCUT2D eigenvalue weighted by Crippen LogP contribution is -2.46. The largest absolute Gasteiger partial charge is 0.466 e. The smallest absolute Gasteiger partial charge is 0.251 e. The highest BCUT2D eigenvalue weighted by Gasteiger charge is 2.29. The molecule has 1 saturated heterocycles. The summed E-state index contributed by atoms with van der Waals surface area (Å²) in [6, 6.07) is 2.50. The fourth-order valence-electron chi connectivity index (χ4n) is 3.25. The van der Waals surface area contributed by atoms with Crippen LogP contribution in [0.4, 0.5) is 0 Å². The molecule has 1 aliphatic heterocycles. The topological polar surface area (TPSA) is 75.5 Å². The average Bonchev–Trinajstić information content (AvgIpc) is 3.07. The predicted molar refractivity (Wildman–Crippen MR) is 81.2 cm³/mol. The molecule has 2 atom stereocenters. The van der Waals surface area contributed by atoms with Crippen LogP contribution in [0.1, 0.15) is 43.6 Å². The highest BCUT2D eigenvalue weighted by molar-refractivity contribution is 5.55. The molecule has 1 N–H and O–H groups in total. The Morgan fingerprint density at radius 2 is 2.09 bits per heavy atom. The Kier molecular flexibility index (Phi) is 4.31. The van der Waals surface area contributed by atoms with Crippen molar-refractivity contribution in [3.05, 3.63) is 23.5 Å². The van der Waals surface area contributed by atoms with Gasteiger partial charge in [0.25, 0.3) is 5.89 Å². The minimum atomic E-state index is 0.172. The van der Waals surface area contributed by atoms with E-state index in [-0.39, 0.29) is 12.6 Å². The van der Waals surface area contributed by atoms with E-state index in [4.69, 9.17) is 8.83 Å². The highest BCUT2D eigenvalue weighted by atomic mass is 16.4. The molecule has 2 aromatic rings. The highest BCUT2D eigenvalue weighted by Crippen LogP contribution is 2.28. The number of nitrogens with zero attached hydrogens (tertiary/aromatic N) is 3. The van der Waals surface area contributed by atoms with Crippen molar-refractivity contribution in [3.8, 4) is 11.5 Å². The predicted octanol–water partition coefficient (Wildman–Crippen LogP) is 2.68. The molecule has 120 valence electrons. The maximum absolute atomic E-state index is 9.56. The van der Waals surface area contributed by atoms with Crippen LogP contribution < -0.4 is 0 Å². The number of aromatic nitrogens is 2. The minimum Gasteiger partial charge on any atom is -0.466 e. The van der Waals surface area contributed by atoms with E-state index in [1.165, 1.54) is 0 Å². The quantitative estimate of drug-likeness (QED) is 0.936. The van der Waals surface area contributed by atoms with Crippen LogP contribution in [0.3, 0.4) is 0 Å². The van der Waals surface area contributed by atoms with E-state index in [0.717, 1.165) is 36.3 Å². The van der Waals surface area contributed by atoms with Crippen LogP contribution in [0, 0.1) is 13.8 Å². The number of likely N-dealkylation sites (tertiary alicyclic amines) is 1. The summed E-state index contributed by atoms with van der Waals surface area (Å²) in [4.78, 5) is 2.26. The second-order valence-electron chi connectivity index (χ2n) is 6.12. The van der Waals surface area contributed by atoms with Crippen molar-refractivity contribution in [1.29, 1.82) is 0 Å². The van der Waals surface area contributed by atoms with Crippen LogP contribution in [0.15, 0.2) is 14.9 Å². The number of aryl methyl sites for hydroxylation is 2. The molecule has 0 aromatic carbocycles. The van der Waals surface area contributed by atoms with Gasteiger partial charge in [-0.05, 0) is 39.7 Å². The second kappa shape index (κ2) is 6.22. The maximum atomic E-state index is 9.56. The first kappa shape index (κ1) is 15.2. The summed E-state index contributed by atoms with van der Waals surface area (Å²) in [6.45, 7) is 6.72. The third kappa shape index (κ3) is 2.94. The van der Waals surface area contributed by atoms with Crippen LogP contribution >= 0.6 is 0 Å². The first-order valence-electron chi connectivity index (χ1n) is 7.85. The number of hydrogen-bond acceptors (Lipinski definition) is 6. The van der Waals surface area contributed by atoms with Crippen LogP contribution in [0.2, 0.25) is 0 Å². The minimum absolute atomic E-state index is 0.172. The van der Waals surface area contributed by atoms with E-state index in [9.17, 15) is 5.11 Å². The Morgan fingerprint density at radius 3 is 2.77 bits per heavy atom. The van der Waals surface area contributed by atoms with Gasteiger partial charge in [0.15, 0.2) is 0 Å². The van der Waals surface area contributed by atoms with Gasteiger partial charge in [0, 0.05) is 12.1 Å². The van der Waals surface area contributed by atoms with Gasteiger partial charge in [-0.15, -0.1) is 10.2 Å². The molecule has 0 amide bonds. The Bertz CT molecular complexity index is 634. The first-order valence-corrected chi connectivity index (χ1v) is 7.85. The number of hydrogen-bond donors (Lipinski definition) is 1. The van der Waals surface area contributed by atoms with E-state index in [0.29, 0.717) is 24.4 Å². The molecule has 1 aliphatic rings. The van der Waals surface area contributed by atoms with E-state index >= 15 is 0 Å². The van der Waals surface area contributed by atoms with E-state index < -0.39 is 0 Å². The van der Waals surface area contributed by atoms with Gasteiger partial charge >= 0.3 is 0 Å². The lowest BCUT2D eigenvalue weighted by Gasteiger charge is -2.38. The van der Waals surface area contributed by atoms with Gasteiger partial charge in [0.05, 0.1) is 18.7 Å². The average molecular weight is 305 g/mol. The normalized spacial score (nSPS) is 23.1. The number of piperidine rings is 1. The molecule has 0 saturated carbocycles. The Morgan fingerprint density at radius 1 is 1.27 bits per heavy atom. The molecule has 0 aliphatic carbocycles. The van der Waals surface area contributed by atoms with Crippen molar-refractivity contribution in [2.24, 2.45) is 0 Å². The molecule has 0 radical (unpaired) electrons. The molecule has 3 rings (SSSR count). The zero-order valence-corrected chi connectivity index (χ0v) is 13.4. The van der Waals surface area contributed by atoms with E-state index in [1.807, 2.05) is 19.9 Å². The van der Waals surface area contributed by atoms with Crippen LogP contribution in [-0.2, 0) is 6.54 Å². The van der Waals surface area contributed by atoms with Gasteiger partial charge in [-0.25, -0.2) is 0 Å². The number of furan rings is 1. The number of aliphatic hydroxyl groups is 1. The van der Waals surface area contributed by atoms with Crippen molar-refractivity contribution in [1.82, 2.24) is 15.1 Å². The summed E-state index contributed by atoms with van der Waals surface area (Å²) in [5.74, 6) is 2.69. The summed E-state index contributed by atoms with van der Waals surface area (Å²) in [5.41, 5.74) is 0.849. The molecular formula is C16H23N3O3. The summed E-state index contributed by atoms with van der Waals surface area (Å²) >= 11 is 0. The molecule has 3 heterocycles. The number of rotatable bonds is 4. The van der Waals surface area contributed by atoms with Crippen molar-refractivity contribution >= 4 is 0 Å². The molecule has 22 heavy (non-hydrogen) atoms. The fraction of sp³-hybridized carbons (Fsp3) is 0.625. The van der Waals surface area contributed by atoms with E-state index in [1.54, 1.807) is 0 Å². The lowest BCUT2D eigenvalue weighted by molar-refractivity contribution is 0.0386. The molecule has 6 nitrogen and oxygen atoms in total. The molecule has 6 heteroatoms. The summed E-state index contributed by atoms with van der Waals surface area (Å²) < 4.78 is 11.3. The molecule has 2 unspecified atom stereocenters. The van der Waals surface area contributed by atoms with Gasteiger partial charge in [-0.2, -0.15) is 0 Å². The van der Waals surface area contributed by atoms with Crippen LogP contribution in [-0.4, -0.2) is 38.9 Å². The van der Waals surface area contributed by atoms with Crippen LogP contribution in [0.5, 0.6) is 0 Å². The third-order valence-electron chi connectivity index (χ3n) is 4.46. The van der Waals surface area contributed by atoms with Crippen molar-refractivity contribution in [2.75, 3.05) is 6.61 Å². The second-order valence-corrected chi connectivity index (χ2v) is 6.12. The zero-order valence-electron chi connectivity index (χ0n) is 13.4. The first-order chi connectivity index (χ1) is 10.6. The van der Waals surface area contributed by atoms with Gasteiger partial charge in [0.2, 0.25) is 5.89 Å². The molecule has 0 bridgehead atoms. The van der Waals surface area contributed by atoms with Gasteiger partial charge in [-0.3, -0.25) is 4.90 Å². The fourth-order valence-corrected chi connectivity index (χ4v) is 3.25. The standard InChI is InChI=1S/C16H23N3O3/c1-10-5-4-6-13(9-20)19(10)8-15-17-18-16(22-15)14-7-11(2)21-12(14)3/h7,10,13,20H,4-6,8-9H2,1-3H3. The van der Waals surface area contributed by atoms with Crippen molar-refractivity contribution in [2.45, 2.75) is 58.7 Å². The number of aliphatic hydroxyl groups excluding tert-OH is 1. The van der Waals surface area contributed by atoms with Gasteiger partial charge in [0.1, 0.15) is 11.5 Å². The SMILES string of the molecule is Cc1cc(-c2nnc(CN3C(C)CCCC3CO)o2)c(C)o1. The van der Waals surface area contributed by atoms with Gasteiger partial charge in [-0.1, -0.05) is 6.42 Å². The third-order valence-corrected chi connectivity index (χ3v) is 4.46. The zero-order chi connectivity index (χ0) is 15.7. The van der Waals surface area contributed by atoms with Crippen molar-refractivity contribution < 1.29 is 13.9 Å². The summed E-state index contributed by atoms with van der Waals surface area (Å²) in [5, 5.41) is 17.9. The van der Waals surface area contributed by atoms with Crippen molar-refractivity contribution in [3.63, 3.8) is 0 Å². The monoisotopic (exact) mass is 305 g/mol. The lowest BCUT2D eigenvalue weighted by atomic mass is 9.97. The molecular weight excluding hydrogens is 282 g/mol. The summed E-state index contributed by atoms with van der Waals surface area (Å²) in [7, 11) is 0. The Balaban J connectivity index is 1.77. The Hall–Kier alpha value is -1.66.